The van der Waals surface area contributed by atoms with Gasteiger partial charge in [0.05, 0.1) is 15.9 Å². The Morgan fingerprint density at radius 3 is 2.38 bits per heavy atom. The number of hydrogen-bond acceptors (Lipinski definition) is 3. The van der Waals surface area contributed by atoms with Gasteiger partial charge in [0.2, 0.25) is 0 Å². The number of likely N-dealkylation sites (N-methyl/N-ethyl adjacent to an activating group) is 1. The third-order valence-electron chi connectivity index (χ3n) is 3.76. The van der Waals surface area contributed by atoms with Crippen molar-refractivity contribution in [2.45, 2.75) is 39.7 Å². The maximum absolute atomic E-state index is 4.57. The fourth-order valence-electron chi connectivity index (χ4n) is 2.69. The SMILES string of the molecule is CCc1nn(C)c(CC(NC)c2cc(C)nc(C)c2)c1Br. The first-order valence-corrected chi connectivity index (χ1v) is 8.08. The molecule has 5 heteroatoms. The molecule has 0 spiro atoms. The minimum absolute atomic E-state index is 0.252. The zero-order valence-corrected chi connectivity index (χ0v) is 15.0. The molecule has 0 amide bonds. The molecule has 21 heavy (non-hydrogen) atoms. The zero-order valence-electron chi connectivity index (χ0n) is 13.4. The number of aromatic nitrogens is 3. The van der Waals surface area contributed by atoms with Crippen LogP contribution in [0.2, 0.25) is 0 Å². The van der Waals surface area contributed by atoms with Crippen molar-refractivity contribution in [3.8, 4) is 0 Å². The van der Waals surface area contributed by atoms with Crippen LogP contribution < -0.4 is 5.32 Å². The molecule has 0 saturated heterocycles. The summed E-state index contributed by atoms with van der Waals surface area (Å²) in [5, 5.41) is 7.99. The smallest absolute Gasteiger partial charge is 0.0766 e. The first-order valence-electron chi connectivity index (χ1n) is 7.29. The van der Waals surface area contributed by atoms with Crippen LogP contribution in [0.4, 0.5) is 0 Å². The maximum atomic E-state index is 4.57. The number of halogens is 1. The molecule has 0 aliphatic heterocycles. The number of rotatable bonds is 5. The highest BCUT2D eigenvalue weighted by Gasteiger charge is 2.18. The van der Waals surface area contributed by atoms with E-state index in [9.17, 15) is 0 Å². The molecule has 1 atom stereocenters. The van der Waals surface area contributed by atoms with Crippen molar-refractivity contribution in [2.75, 3.05) is 7.05 Å². The second-order valence-electron chi connectivity index (χ2n) is 5.41. The van der Waals surface area contributed by atoms with E-state index in [1.165, 1.54) is 11.3 Å². The summed E-state index contributed by atoms with van der Waals surface area (Å²) in [6, 6.07) is 4.56. The summed E-state index contributed by atoms with van der Waals surface area (Å²) in [6.45, 7) is 6.21. The van der Waals surface area contributed by atoms with Gasteiger partial charge < -0.3 is 5.32 Å². The summed E-state index contributed by atoms with van der Waals surface area (Å²) in [5.41, 5.74) is 5.73. The standard InChI is InChI=1S/C16H23BrN4/c1-6-13-16(17)15(21(5)20-13)9-14(18-4)12-7-10(2)19-11(3)8-12/h7-8,14,18H,6,9H2,1-5H3. The largest absolute Gasteiger partial charge is 0.313 e. The van der Waals surface area contributed by atoms with Gasteiger partial charge in [0, 0.05) is 30.9 Å². The van der Waals surface area contributed by atoms with Gasteiger partial charge in [0.25, 0.3) is 0 Å². The predicted molar refractivity (Wildman–Crippen MR) is 89.5 cm³/mol. The summed E-state index contributed by atoms with van der Waals surface area (Å²) in [4.78, 5) is 4.46. The molecule has 114 valence electrons. The Balaban J connectivity index is 2.33. The summed E-state index contributed by atoms with van der Waals surface area (Å²) in [7, 11) is 4.01. The molecule has 0 aliphatic carbocycles. The van der Waals surface area contributed by atoms with Crippen molar-refractivity contribution in [3.63, 3.8) is 0 Å². The second kappa shape index (κ2) is 6.71. The van der Waals surface area contributed by atoms with Crippen LogP contribution in [0.15, 0.2) is 16.6 Å². The van der Waals surface area contributed by atoms with Gasteiger partial charge in [-0.25, -0.2) is 0 Å². The fraction of sp³-hybridized carbons (Fsp3) is 0.500. The predicted octanol–water partition coefficient (Wildman–Crippen LogP) is 3.26. The van der Waals surface area contributed by atoms with Crippen LogP contribution in [0, 0.1) is 13.8 Å². The van der Waals surface area contributed by atoms with Gasteiger partial charge in [0.1, 0.15) is 0 Å². The Labute approximate surface area is 135 Å². The van der Waals surface area contributed by atoms with Crippen LogP contribution >= 0.6 is 15.9 Å². The average Bonchev–Trinajstić information content (AvgIpc) is 2.70. The molecule has 4 nitrogen and oxygen atoms in total. The van der Waals surface area contributed by atoms with E-state index in [0.29, 0.717) is 0 Å². The second-order valence-corrected chi connectivity index (χ2v) is 6.21. The highest BCUT2D eigenvalue weighted by Crippen LogP contribution is 2.27. The van der Waals surface area contributed by atoms with E-state index in [-0.39, 0.29) is 6.04 Å². The first kappa shape index (κ1) is 16.2. The van der Waals surface area contributed by atoms with Crippen LogP contribution in [0.25, 0.3) is 0 Å². The molecule has 2 aromatic heterocycles. The van der Waals surface area contributed by atoms with Crippen molar-refractivity contribution in [2.24, 2.45) is 7.05 Å². The van der Waals surface area contributed by atoms with E-state index < -0.39 is 0 Å². The Bertz CT molecular complexity index is 613. The minimum atomic E-state index is 0.252. The lowest BCUT2D eigenvalue weighted by Gasteiger charge is -2.18. The number of nitrogens with zero attached hydrogens (tertiary/aromatic N) is 3. The van der Waals surface area contributed by atoms with Gasteiger partial charge in [0.15, 0.2) is 0 Å². The van der Waals surface area contributed by atoms with Crippen molar-refractivity contribution in [3.05, 3.63) is 44.9 Å². The Kier molecular flexibility index (Phi) is 5.17. The van der Waals surface area contributed by atoms with Gasteiger partial charge >= 0.3 is 0 Å². The third kappa shape index (κ3) is 3.52. The van der Waals surface area contributed by atoms with Crippen LogP contribution in [0.5, 0.6) is 0 Å². The molecule has 1 N–H and O–H groups in total. The Morgan fingerprint density at radius 2 is 1.90 bits per heavy atom. The molecule has 0 bridgehead atoms. The van der Waals surface area contributed by atoms with Crippen molar-refractivity contribution in [1.82, 2.24) is 20.1 Å². The monoisotopic (exact) mass is 350 g/mol. The first-order chi connectivity index (χ1) is 9.96. The van der Waals surface area contributed by atoms with Crippen molar-refractivity contribution in [1.29, 1.82) is 0 Å². The average molecular weight is 351 g/mol. The normalized spacial score (nSPS) is 12.7. The van der Waals surface area contributed by atoms with Crippen LogP contribution in [-0.4, -0.2) is 21.8 Å². The molecule has 0 aromatic carbocycles. The van der Waals surface area contributed by atoms with E-state index in [1.807, 2.05) is 32.6 Å². The van der Waals surface area contributed by atoms with Crippen molar-refractivity contribution < 1.29 is 0 Å². The number of aryl methyl sites for hydroxylation is 4. The van der Waals surface area contributed by atoms with Crippen LogP contribution in [0.1, 0.15) is 41.3 Å². The van der Waals surface area contributed by atoms with Gasteiger partial charge in [-0.1, -0.05) is 6.92 Å². The molecule has 0 aliphatic rings. The van der Waals surface area contributed by atoms with E-state index in [0.717, 1.165) is 34.4 Å². The number of pyridine rings is 1. The molecule has 1 unspecified atom stereocenters. The Morgan fingerprint density at radius 1 is 1.29 bits per heavy atom. The highest BCUT2D eigenvalue weighted by molar-refractivity contribution is 9.10. The van der Waals surface area contributed by atoms with Gasteiger partial charge in [-0.15, -0.1) is 0 Å². The summed E-state index contributed by atoms with van der Waals surface area (Å²) >= 11 is 3.70. The minimum Gasteiger partial charge on any atom is -0.313 e. The highest BCUT2D eigenvalue weighted by atomic mass is 79.9. The summed E-state index contributed by atoms with van der Waals surface area (Å²) in [5.74, 6) is 0. The topological polar surface area (TPSA) is 42.7 Å². The molecule has 2 rings (SSSR count). The van der Waals surface area contributed by atoms with Gasteiger partial charge in [-0.05, 0) is 60.9 Å². The molecule has 0 saturated carbocycles. The molecular formula is C16H23BrN4. The lowest BCUT2D eigenvalue weighted by atomic mass is 10.0. The van der Waals surface area contributed by atoms with E-state index >= 15 is 0 Å². The molecule has 2 aromatic rings. The fourth-order valence-corrected chi connectivity index (χ4v) is 3.47. The molecule has 0 radical (unpaired) electrons. The van der Waals surface area contributed by atoms with Crippen molar-refractivity contribution >= 4 is 15.9 Å². The molecule has 0 fully saturated rings. The third-order valence-corrected chi connectivity index (χ3v) is 4.67. The van der Waals surface area contributed by atoms with Crippen LogP contribution in [-0.2, 0) is 19.9 Å². The van der Waals surface area contributed by atoms with E-state index in [2.05, 4.69) is 50.4 Å². The molecular weight excluding hydrogens is 328 g/mol. The maximum Gasteiger partial charge on any atom is 0.0766 e. The van der Waals surface area contributed by atoms with Gasteiger partial charge in [-0.2, -0.15) is 5.10 Å². The summed E-state index contributed by atoms with van der Waals surface area (Å²) < 4.78 is 3.11. The number of nitrogens with one attached hydrogen (secondary N) is 1. The van der Waals surface area contributed by atoms with E-state index in [4.69, 9.17) is 0 Å². The summed E-state index contributed by atoms with van der Waals surface area (Å²) in [6.07, 6.45) is 1.83. The van der Waals surface area contributed by atoms with E-state index in [1.54, 1.807) is 0 Å². The zero-order chi connectivity index (χ0) is 15.6. The van der Waals surface area contributed by atoms with Crippen LogP contribution in [0.3, 0.4) is 0 Å². The quantitative estimate of drug-likeness (QED) is 0.899. The van der Waals surface area contributed by atoms with Gasteiger partial charge in [-0.3, -0.25) is 9.67 Å². The Hall–Kier alpha value is -1.20. The lowest BCUT2D eigenvalue weighted by molar-refractivity contribution is 0.558. The molecule has 2 heterocycles. The lowest BCUT2D eigenvalue weighted by Crippen LogP contribution is -2.21. The number of hydrogen-bond donors (Lipinski definition) is 1.